The Bertz CT molecular complexity index is 570. The molecule has 1 amide bonds. The summed E-state index contributed by atoms with van der Waals surface area (Å²) in [7, 11) is 0. The average Bonchev–Trinajstić information content (AvgIpc) is 2.70. The molecule has 1 aromatic carbocycles. The van der Waals surface area contributed by atoms with Gasteiger partial charge in [0.1, 0.15) is 0 Å². The molecule has 0 saturated carbocycles. The van der Waals surface area contributed by atoms with Crippen LogP contribution in [0.1, 0.15) is 9.67 Å². The van der Waals surface area contributed by atoms with Crippen LogP contribution in [-0.2, 0) is 0 Å². The van der Waals surface area contributed by atoms with Gasteiger partial charge >= 0.3 is 0 Å². The quantitative estimate of drug-likeness (QED) is 0.746. The van der Waals surface area contributed by atoms with Crippen molar-refractivity contribution in [2.24, 2.45) is 0 Å². The fourth-order valence-corrected chi connectivity index (χ4v) is 2.91. The molecular formula is C11H6Br2ClNOS. The van der Waals surface area contributed by atoms with Gasteiger partial charge in [-0.25, -0.2) is 0 Å². The van der Waals surface area contributed by atoms with E-state index in [1.165, 1.54) is 11.3 Å². The average molecular weight is 396 g/mol. The van der Waals surface area contributed by atoms with Gasteiger partial charge in [-0.05, 0) is 62.2 Å². The van der Waals surface area contributed by atoms with Crippen molar-refractivity contribution in [3.8, 4) is 0 Å². The van der Waals surface area contributed by atoms with Gasteiger partial charge in [0.2, 0.25) is 0 Å². The highest BCUT2D eigenvalue weighted by Gasteiger charge is 2.09. The van der Waals surface area contributed by atoms with Crippen molar-refractivity contribution >= 4 is 66.4 Å². The summed E-state index contributed by atoms with van der Waals surface area (Å²) < 4.78 is 1.73. The second-order valence-corrected chi connectivity index (χ2v) is 6.91. The van der Waals surface area contributed by atoms with Gasteiger partial charge in [-0.3, -0.25) is 4.79 Å². The first-order chi connectivity index (χ1) is 8.06. The van der Waals surface area contributed by atoms with E-state index in [2.05, 4.69) is 37.2 Å². The second kappa shape index (κ2) is 5.52. The molecule has 0 atom stereocenters. The zero-order chi connectivity index (χ0) is 12.4. The Morgan fingerprint density at radius 3 is 2.59 bits per heavy atom. The minimum atomic E-state index is -0.140. The number of benzene rings is 1. The number of hydrogen-bond acceptors (Lipinski definition) is 2. The molecular weight excluding hydrogens is 389 g/mol. The minimum absolute atomic E-state index is 0.140. The lowest BCUT2D eigenvalue weighted by atomic mass is 10.3. The third kappa shape index (κ3) is 3.31. The van der Waals surface area contributed by atoms with Gasteiger partial charge < -0.3 is 5.32 Å². The van der Waals surface area contributed by atoms with E-state index in [0.717, 1.165) is 8.26 Å². The van der Waals surface area contributed by atoms with Crippen molar-refractivity contribution in [1.29, 1.82) is 0 Å². The van der Waals surface area contributed by atoms with Crippen LogP contribution in [-0.4, -0.2) is 5.91 Å². The first-order valence-electron chi connectivity index (χ1n) is 4.58. The van der Waals surface area contributed by atoms with Crippen LogP contribution in [0.25, 0.3) is 0 Å². The molecule has 0 saturated heterocycles. The van der Waals surface area contributed by atoms with Crippen molar-refractivity contribution < 1.29 is 4.79 Å². The highest BCUT2D eigenvalue weighted by Crippen LogP contribution is 2.27. The van der Waals surface area contributed by atoms with Crippen molar-refractivity contribution in [3.63, 3.8) is 0 Å². The summed E-state index contributed by atoms with van der Waals surface area (Å²) in [5.41, 5.74) is 0.674. The first-order valence-corrected chi connectivity index (χ1v) is 7.36. The van der Waals surface area contributed by atoms with Crippen LogP contribution in [0.15, 0.2) is 38.6 Å². The van der Waals surface area contributed by atoms with Crippen LogP contribution in [0.3, 0.4) is 0 Å². The zero-order valence-corrected chi connectivity index (χ0v) is 13.1. The number of amides is 1. The van der Waals surface area contributed by atoms with E-state index in [0.29, 0.717) is 15.6 Å². The molecule has 1 aromatic heterocycles. The molecule has 2 aromatic rings. The highest BCUT2D eigenvalue weighted by molar-refractivity contribution is 9.11. The van der Waals surface area contributed by atoms with E-state index in [9.17, 15) is 4.79 Å². The van der Waals surface area contributed by atoms with Crippen molar-refractivity contribution in [1.82, 2.24) is 0 Å². The van der Waals surface area contributed by atoms with Crippen molar-refractivity contribution in [3.05, 3.63) is 48.5 Å². The van der Waals surface area contributed by atoms with E-state index in [1.54, 1.807) is 24.3 Å². The Hall–Kier alpha value is -0.360. The highest BCUT2D eigenvalue weighted by atomic mass is 79.9. The largest absolute Gasteiger partial charge is 0.321 e. The lowest BCUT2D eigenvalue weighted by molar-refractivity contribution is 0.103. The summed E-state index contributed by atoms with van der Waals surface area (Å²) in [5, 5.41) is 3.35. The van der Waals surface area contributed by atoms with Crippen LogP contribution < -0.4 is 5.32 Å². The summed E-state index contributed by atoms with van der Waals surface area (Å²) in [6.45, 7) is 0. The minimum Gasteiger partial charge on any atom is -0.321 e. The smallest absolute Gasteiger partial charge is 0.265 e. The SMILES string of the molecule is O=C(Nc1ccc(Br)c(Cl)c1)c1ccc(Br)s1. The summed E-state index contributed by atoms with van der Waals surface area (Å²) in [6.07, 6.45) is 0. The van der Waals surface area contributed by atoms with Gasteiger partial charge in [0, 0.05) is 10.2 Å². The number of anilines is 1. The molecule has 0 aliphatic heterocycles. The van der Waals surface area contributed by atoms with Crippen LogP contribution in [0.5, 0.6) is 0 Å². The normalized spacial score (nSPS) is 10.3. The molecule has 0 bridgehead atoms. The molecule has 1 N–H and O–H groups in total. The fraction of sp³-hybridized carbons (Fsp3) is 0. The Labute approximate surface area is 124 Å². The monoisotopic (exact) mass is 393 g/mol. The van der Waals surface area contributed by atoms with Gasteiger partial charge in [-0.1, -0.05) is 11.6 Å². The standard InChI is InChI=1S/C11H6Br2ClNOS/c12-7-2-1-6(5-8(7)14)15-11(16)9-3-4-10(13)17-9/h1-5H,(H,15,16). The van der Waals surface area contributed by atoms with Crippen LogP contribution in [0.4, 0.5) is 5.69 Å². The molecule has 0 aliphatic carbocycles. The van der Waals surface area contributed by atoms with Crippen LogP contribution in [0, 0.1) is 0 Å². The maximum absolute atomic E-state index is 11.8. The summed E-state index contributed by atoms with van der Waals surface area (Å²) in [5.74, 6) is -0.140. The molecule has 0 unspecified atom stereocenters. The molecule has 0 spiro atoms. The van der Waals surface area contributed by atoms with Crippen molar-refractivity contribution in [2.45, 2.75) is 0 Å². The topological polar surface area (TPSA) is 29.1 Å². The summed E-state index contributed by atoms with van der Waals surface area (Å²) in [4.78, 5) is 12.5. The lowest BCUT2D eigenvalue weighted by Gasteiger charge is -2.04. The zero-order valence-electron chi connectivity index (χ0n) is 8.34. The number of rotatable bonds is 2. The van der Waals surface area contributed by atoms with Gasteiger partial charge in [0.25, 0.3) is 5.91 Å². The van der Waals surface area contributed by atoms with E-state index >= 15 is 0 Å². The summed E-state index contributed by atoms with van der Waals surface area (Å²) >= 11 is 13.9. The number of carbonyl (C=O) groups excluding carboxylic acids is 1. The Balaban J connectivity index is 2.15. The molecule has 0 radical (unpaired) electrons. The number of halogens is 3. The third-order valence-corrected chi connectivity index (χ3v) is 4.83. The fourth-order valence-electron chi connectivity index (χ4n) is 1.20. The van der Waals surface area contributed by atoms with Crippen LogP contribution >= 0.6 is 54.8 Å². The Kier molecular flexibility index (Phi) is 4.25. The molecule has 6 heteroatoms. The number of nitrogens with one attached hydrogen (secondary N) is 1. The van der Waals surface area contributed by atoms with Crippen molar-refractivity contribution in [2.75, 3.05) is 5.32 Å². The van der Waals surface area contributed by atoms with E-state index in [4.69, 9.17) is 11.6 Å². The van der Waals surface area contributed by atoms with Gasteiger partial charge in [0.05, 0.1) is 13.7 Å². The predicted molar refractivity (Wildman–Crippen MR) is 79.1 cm³/mol. The third-order valence-electron chi connectivity index (χ3n) is 1.97. The molecule has 2 rings (SSSR count). The van der Waals surface area contributed by atoms with E-state index < -0.39 is 0 Å². The van der Waals surface area contributed by atoms with E-state index in [1.807, 2.05) is 6.07 Å². The van der Waals surface area contributed by atoms with Gasteiger partial charge in [-0.2, -0.15) is 0 Å². The molecule has 17 heavy (non-hydrogen) atoms. The Morgan fingerprint density at radius 2 is 2.00 bits per heavy atom. The van der Waals surface area contributed by atoms with Crippen LogP contribution in [0.2, 0.25) is 5.02 Å². The summed E-state index contributed by atoms with van der Waals surface area (Å²) in [6, 6.07) is 8.89. The first kappa shape index (κ1) is 13.1. The maximum atomic E-state index is 11.8. The molecule has 0 fully saturated rings. The number of hydrogen-bond donors (Lipinski definition) is 1. The number of thiophene rings is 1. The lowest BCUT2D eigenvalue weighted by Crippen LogP contribution is -2.09. The van der Waals surface area contributed by atoms with E-state index in [-0.39, 0.29) is 5.91 Å². The molecule has 0 aliphatic rings. The number of carbonyl (C=O) groups is 1. The molecule has 2 nitrogen and oxygen atoms in total. The molecule has 1 heterocycles. The Morgan fingerprint density at radius 1 is 1.24 bits per heavy atom. The molecule has 88 valence electrons. The van der Waals surface area contributed by atoms with Gasteiger partial charge in [0.15, 0.2) is 0 Å². The maximum Gasteiger partial charge on any atom is 0.265 e. The second-order valence-electron chi connectivity index (χ2n) is 3.19. The van der Waals surface area contributed by atoms with Gasteiger partial charge in [-0.15, -0.1) is 11.3 Å². The predicted octanol–water partition coefficient (Wildman–Crippen LogP) is 5.18.